The Morgan fingerprint density at radius 2 is 1.94 bits per heavy atom. The fourth-order valence-electron chi connectivity index (χ4n) is 2.21. The molecule has 16 heavy (non-hydrogen) atoms. The summed E-state index contributed by atoms with van der Waals surface area (Å²) in [6.45, 7) is 2.19. The van der Waals surface area contributed by atoms with Crippen molar-refractivity contribution in [2.24, 2.45) is 5.73 Å². The number of aliphatic carboxylic acids is 1. The van der Waals surface area contributed by atoms with E-state index in [1.54, 1.807) is 0 Å². The Bertz CT molecular complexity index is 222. The molecule has 0 saturated heterocycles. The van der Waals surface area contributed by atoms with Crippen LogP contribution >= 0.6 is 0 Å². The highest BCUT2D eigenvalue weighted by Crippen LogP contribution is 2.25. The van der Waals surface area contributed by atoms with Crippen LogP contribution in [0, 0.1) is 0 Å². The zero-order valence-electron chi connectivity index (χ0n) is 10.1. The van der Waals surface area contributed by atoms with Gasteiger partial charge in [-0.25, -0.2) is 4.79 Å². The van der Waals surface area contributed by atoms with Gasteiger partial charge in [0.05, 0.1) is 6.61 Å². The molecule has 4 heteroatoms. The summed E-state index contributed by atoms with van der Waals surface area (Å²) in [7, 11) is 0. The molecule has 0 aromatic carbocycles. The molecule has 1 fully saturated rings. The van der Waals surface area contributed by atoms with Crippen molar-refractivity contribution in [3.63, 3.8) is 0 Å². The average molecular weight is 229 g/mol. The van der Waals surface area contributed by atoms with Gasteiger partial charge in [-0.15, -0.1) is 0 Å². The Kier molecular flexibility index (Phi) is 5.22. The smallest absolute Gasteiger partial charge is 0.332 e. The van der Waals surface area contributed by atoms with Crippen molar-refractivity contribution in [1.29, 1.82) is 0 Å². The number of hydrogen-bond acceptors (Lipinski definition) is 3. The maximum Gasteiger partial charge on any atom is 0.332 e. The molecule has 0 aliphatic heterocycles. The first-order valence-corrected chi connectivity index (χ1v) is 6.21. The summed E-state index contributed by atoms with van der Waals surface area (Å²) >= 11 is 0. The van der Waals surface area contributed by atoms with Gasteiger partial charge in [0.25, 0.3) is 0 Å². The Labute approximate surface area is 97.2 Å². The molecule has 1 rings (SSSR count). The van der Waals surface area contributed by atoms with Gasteiger partial charge in [-0.3, -0.25) is 0 Å². The van der Waals surface area contributed by atoms with Crippen LogP contribution in [0.5, 0.6) is 0 Å². The molecule has 1 aliphatic carbocycles. The third-order valence-electron chi connectivity index (χ3n) is 3.32. The average Bonchev–Trinajstić information content (AvgIpc) is 2.44. The topological polar surface area (TPSA) is 72.5 Å². The molecule has 1 aliphatic rings. The fraction of sp³-hybridized carbons (Fsp3) is 0.917. The van der Waals surface area contributed by atoms with Crippen LogP contribution in [0.1, 0.15) is 51.9 Å². The van der Waals surface area contributed by atoms with E-state index in [2.05, 4.69) is 0 Å². The van der Waals surface area contributed by atoms with E-state index in [0.29, 0.717) is 13.0 Å². The lowest BCUT2D eigenvalue weighted by Crippen LogP contribution is -2.45. The number of hydrogen-bond donors (Lipinski definition) is 2. The summed E-state index contributed by atoms with van der Waals surface area (Å²) < 4.78 is 5.43. The number of carboxylic acids is 1. The van der Waals surface area contributed by atoms with Gasteiger partial charge < -0.3 is 15.6 Å². The lowest BCUT2D eigenvalue weighted by molar-refractivity contribution is -0.151. The predicted molar refractivity (Wildman–Crippen MR) is 62.3 cm³/mol. The Balaban J connectivity index is 2.41. The minimum atomic E-state index is -0.889. The van der Waals surface area contributed by atoms with Gasteiger partial charge in [-0.05, 0) is 19.3 Å². The SMILES string of the molecule is CCC(OCC1(N)CCCCCC1)C(=O)O. The molecule has 0 aromatic heterocycles. The van der Waals surface area contributed by atoms with E-state index >= 15 is 0 Å². The summed E-state index contributed by atoms with van der Waals surface area (Å²) in [5, 5.41) is 8.88. The van der Waals surface area contributed by atoms with Crippen molar-refractivity contribution in [2.75, 3.05) is 6.61 Å². The van der Waals surface area contributed by atoms with Gasteiger partial charge in [-0.1, -0.05) is 32.6 Å². The molecular formula is C12H23NO3. The monoisotopic (exact) mass is 229 g/mol. The highest BCUT2D eigenvalue weighted by molar-refractivity contribution is 5.72. The molecule has 1 unspecified atom stereocenters. The highest BCUT2D eigenvalue weighted by atomic mass is 16.5. The lowest BCUT2D eigenvalue weighted by Gasteiger charge is -2.29. The largest absolute Gasteiger partial charge is 0.479 e. The summed E-state index contributed by atoms with van der Waals surface area (Å²) in [6.07, 6.45) is 6.40. The van der Waals surface area contributed by atoms with Crippen LogP contribution < -0.4 is 5.73 Å². The van der Waals surface area contributed by atoms with Gasteiger partial charge in [0.2, 0.25) is 0 Å². The van der Waals surface area contributed by atoms with Gasteiger partial charge >= 0.3 is 5.97 Å². The zero-order chi connectivity index (χ0) is 12.0. The van der Waals surface area contributed by atoms with Crippen LogP contribution in [0.15, 0.2) is 0 Å². The third-order valence-corrected chi connectivity index (χ3v) is 3.32. The third kappa shape index (κ3) is 4.10. The molecule has 0 heterocycles. The molecule has 3 N–H and O–H groups in total. The normalized spacial score (nSPS) is 22.4. The second-order valence-corrected chi connectivity index (χ2v) is 4.82. The molecule has 0 aromatic rings. The highest BCUT2D eigenvalue weighted by Gasteiger charge is 2.28. The first kappa shape index (κ1) is 13.5. The van der Waals surface area contributed by atoms with E-state index in [4.69, 9.17) is 15.6 Å². The number of carbonyl (C=O) groups is 1. The molecule has 94 valence electrons. The summed E-state index contributed by atoms with van der Waals surface area (Å²) in [5.41, 5.74) is 5.94. The number of nitrogens with two attached hydrogens (primary N) is 1. The molecule has 1 saturated carbocycles. The van der Waals surface area contributed by atoms with E-state index < -0.39 is 12.1 Å². The van der Waals surface area contributed by atoms with Crippen LogP contribution in [-0.4, -0.2) is 29.3 Å². The first-order valence-electron chi connectivity index (χ1n) is 6.21. The van der Waals surface area contributed by atoms with Crippen LogP contribution in [-0.2, 0) is 9.53 Å². The number of carboxylic acid groups (broad SMARTS) is 1. The fourth-order valence-corrected chi connectivity index (χ4v) is 2.21. The standard InChI is InChI=1S/C12H23NO3/c1-2-10(11(14)15)16-9-12(13)7-5-3-4-6-8-12/h10H,2-9,13H2,1H3,(H,14,15). The molecular weight excluding hydrogens is 206 g/mol. The number of ether oxygens (including phenoxy) is 1. The zero-order valence-corrected chi connectivity index (χ0v) is 10.1. The van der Waals surface area contributed by atoms with E-state index in [1.807, 2.05) is 6.92 Å². The molecule has 4 nitrogen and oxygen atoms in total. The minimum Gasteiger partial charge on any atom is -0.479 e. The van der Waals surface area contributed by atoms with Crippen molar-refractivity contribution < 1.29 is 14.6 Å². The van der Waals surface area contributed by atoms with Crippen LogP contribution in [0.4, 0.5) is 0 Å². The quantitative estimate of drug-likeness (QED) is 0.706. The maximum atomic E-state index is 10.8. The minimum absolute atomic E-state index is 0.306. The Hall–Kier alpha value is -0.610. The van der Waals surface area contributed by atoms with Crippen molar-refractivity contribution in [1.82, 2.24) is 0 Å². The molecule has 0 radical (unpaired) electrons. The first-order chi connectivity index (χ1) is 7.57. The van der Waals surface area contributed by atoms with Crippen molar-refractivity contribution in [3.05, 3.63) is 0 Å². The van der Waals surface area contributed by atoms with E-state index in [0.717, 1.165) is 25.7 Å². The summed E-state index contributed by atoms with van der Waals surface area (Å²) in [5.74, 6) is -0.889. The second kappa shape index (κ2) is 6.21. The van der Waals surface area contributed by atoms with Crippen LogP contribution in [0.2, 0.25) is 0 Å². The Morgan fingerprint density at radius 1 is 1.38 bits per heavy atom. The van der Waals surface area contributed by atoms with E-state index in [1.165, 1.54) is 12.8 Å². The van der Waals surface area contributed by atoms with Crippen LogP contribution in [0.25, 0.3) is 0 Å². The summed E-state index contributed by atoms with van der Waals surface area (Å²) in [6, 6.07) is 0. The number of rotatable bonds is 5. The Morgan fingerprint density at radius 3 is 2.38 bits per heavy atom. The van der Waals surface area contributed by atoms with Gasteiger partial charge in [-0.2, -0.15) is 0 Å². The molecule has 0 spiro atoms. The van der Waals surface area contributed by atoms with Crippen molar-refractivity contribution >= 4 is 5.97 Å². The summed E-state index contributed by atoms with van der Waals surface area (Å²) in [4.78, 5) is 10.8. The second-order valence-electron chi connectivity index (χ2n) is 4.82. The lowest BCUT2D eigenvalue weighted by atomic mass is 9.92. The van der Waals surface area contributed by atoms with Crippen molar-refractivity contribution in [2.45, 2.75) is 63.5 Å². The van der Waals surface area contributed by atoms with Gasteiger partial charge in [0.1, 0.15) is 0 Å². The molecule has 0 amide bonds. The van der Waals surface area contributed by atoms with E-state index in [9.17, 15) is 4.79 Å². The van der Waals surface area contributed by atoms with Crippen LogP contribution in [0.3, 0.4) is 0 Å². The molecule has 1 atom stereocenters. The molecule has 0 bridgehead atoms. The predicted octanol–water partition coefficient (Wildman–Crippen LogP) is 1.92. The van der Waals surface area contributed by atoms with Gasteiger partial charge in [0, 0.05) is 5.54 Å². The van der Waals surface area contributed by atoms with E-state index in [-0.39, 0.29) is 5.54 Å². The van der Waals surface area contributed by atoms with Crippen molar-refractivity contribution in [3.8, 4) is 0 Å². The van der Waals surface area contributed by atoms with Gasteiger partial charge in [0.15, 0.2) is 6.10 Å². The maximum absolute atomic E-state index is 10.8.